The number of unbranched alkanes of at least 4 members (excludes halogenated alkanes) is 5. The number of aromatic nitrogens is 1. The summed E-state index contributed by atoms with van der Waals surface area (Å²) in [4.78, 5) is 2.84. The van der Waals surface area contributed by atoms with Crippen molar-refractivity contribution in [2.24, 2.45) is 0 Å². The Hall–Kier alpha value is -0.790. The van der Waals surface area contributed by atoms with E-state index < -0.39 is 0 Å². The maximum Gasteiger partial charge on any atom is 0.191 e. The summed E-state index contributed by atoms with van der Waals surface area (Å²) in [7, 11) is 0. The second-order valence-electron chi connectivity index (χ2n) is 6.48. The Balaban J connectivity index is 2.74. The van der Waals surface area contributed by atoms with E-state index in [1.807, 2.05) is 6.92 Å². The molecule has 1 aromatic rings. The predicted molar refractivity (Wildman–Crippen MR) is 85.7 cm³/mol. The van der Waals surface area contributed by atoms with Crippen molar-refractivity contribution in [2.45, 2.75) is 90.9 Å². The van der Waals surface area contributed by atoms with E-state index in [4.69, 9.17) is 0 Å². The van der Waals surface area contributed by atoms with E-state index >= 15 is 0 Å². The molecule has 0 aliphatic rings. The summed E-state index contributed by atoms with van der Waals surface area (Å²) in [6.07, 6.45) is 11.2. The summed E-state index contributed by atoms with van der Waals surface area (Å²) in [5.74, 6) is -0.187. The Morgan fingerprint density at radius 3 is 2.05 bits per heavy atom. The van der Waals surface area contributed by atoms with Crippen LogP contribution in [0.15, 0.2) is 6.07 Å². The highest BCUT2D eigenvalue weighted by Gasteiger charge is 2.28. The Labute approximate surface area is 124 Å². The minimum absolute atomic E-state index is 0.133. The highest BCUT2D eigenvalue weighted by Crippen LogP contribution is 2.37. The highest BCUT2D eigenvalue weighted by molar-refractivity contribution is 5.29. The molecule has 1 rings (SSSR count). The molecule has 0 saturated heterocycles. The fourth-order valence-electron chi connectivity index (χ4n) is 3.25. The van der Waals surface area contributed by atoms with E-state index in [1.165, 1.54) is 63.4 Å². The van der Waals surface area contributed by atoms with E-state index in [0.717, 1.165) is 5.69 Å². The summed E-state index contributed by atoms with van der Waals surface area (Å²) < 4.78 is 13.5. The van der Waals surface area contributed by atoms with Crippen LogP contribution in [0.5, 0.6) is 0 Å². The topological polar surface area (TPSA) is 15.8 Å². The Bertz CT molecular complexity index is 383. The van der Waals surface area contributed by atoms with Gasteiger partial charge < -0.3 is 4.98 Å². The van der Waals surface area contributed by atoms with Gasteiger partial charge in [-0.2, -0.15) is 4.39 Å². The predicted octanol–water partition coefficient (Wildman–Crippen LogP) is 6.27. The first-order valence-corrected chi connectivity index (χ1v) is 8.39. The lowest BCUT2D eigenvalue weighted by Gasteiger charge is -2.30. The number of rotatable bonds is 10. The zero-order chi connectivity index (χ0) is 15.0. The van der Waals surface area contributed by atoms with E-state index in [-0.39, 0.29) is 11.4 Å². The Morgan fingerprint density at radius 2 is 1.55 bits per heavy atom. The molecule has 0 fully saturated rings. The smallest absolute Gasteiger partial charge is 0.191 e. The summed E-state index contributed by atoms with van der Waals surface area (Å²) in [6.45, 7) is 8.80. The van der Waals surface area contributed by atoms with Gasteiger partial charge in [-0.25, -0.2) is 0 Å². The first-order valence-electron chi connectivity index (χ1n) is 8.39. The molecule has 2 heteroatoms. The Kier molecular flexibility index (Phi) is 7.32. The quantitative estimate of drug-likeness (QED) is 0.486. The van der Waals surface area contributed by atoms with Crippen molar-refractivity contribution in [1.29, 1.82) is 0 Å². The van der Waals surface area contributed by atoms with Crippen LogP contribution in [0.25, 0.3) is 0 Å². The first kappa shape index (κ1) is 17.3. The van der Waals surface area contributed by atoms with Gasteiger partial charge in [-0.1, -0.05) is 65.7 Å². The minimum Gasteiger partial charge on any atom is -0.336 e. The molecule has 0 aliphatic heterocycles. The largest absolute Gasteiger partial charge is 0.336 e. The van der Waals surface area contributed by atoms with Crippen molar-refractivity contribution in [3.63, 3.8) is 0 Å². The van der Waals surface area contributed by atoms with Gasteiger partial charge in [0.05, 0.1) is 0 Å². The molecule has 116 valence electrons. The zero-order valence-electron chi connectivity index (χ0n) is 13.8. The zero-order valence-corrected chi connectivity index (χ0v) is 13.8. The number of aryl methyl sites for hydroxylation is 1. The van der Waals surface area contributed by atoms with Gasteiger partial charge in [0.1, 0.15) is 0 Å². The number of H-pyrrole nitrogens is 1. The lowest BCUT2D eigenvalue weighted by Crippen LogP contribution is -2.22. The molecule has 1 aromatic heterocycles. The summed E-state index contributed by atoms with van der Waals surface area (Å²) in [5, 5.41) is 0. The monoisotopic (exact) mass is 281 g/mol. The molecule has 1 atom stereocenters. The molecular formula is C18H32FN. The molecule has 1 heterocycles. The molecule has 0 spiro atoms. The average molecular weight is 281 g/mol. The average Bonchev–Trinajstić information content (AvgIpc) is 2.75. The van der Waals surface area contributed by atoms with Gasteiger partial charge in [0.2, 0.25) is 0 Å². The van der Waals surface area contributed by atoms with Crippen LogP contribution in [-0.4, -0.2) is 4.98 Å². The third-order valence-corrected chi connectivity index (χ3v) is 4.55. The second-order valence-corrected chi connectivity index (χ2v) is 6.48. The maximum atomic E-state index is 13.5. The van der Waals surface area contributed by atoms with Crippen molar-refractivity contribution in [3.8, 4) is 0 Å². The number of halogens is 1. The fraction of sp³-hybridized carbons (Fsp3) is 0.778. The van der Waals surface area contributed by atoms with Gasteiger partial charge in [-0.05, 0) is 36.8 Å². The summed E-state index contributed by atoms with van der Waals surface area (Å²) >= 11 is 0. The molecule has 0 radical (unpaired) electrons. The molecule has 0 amide bonds. The van der Waals surface area contributed by atoms with Crippen molar-refractivity contribution in [3.05, 3.63) is 23.3 Å². The molecule has 1 nitrogen and oxygen atoms in total. The lowest BCUT2D eigenvalue weighted by molar-refractivity contribution is 0.364. The van der Waals surface area contributed by atoms with Gasteiger partial charge in [-0.15, -0.1) is 0 Å². The summed E-state index contributed by atoms with van der Waals surface area (Å²) in [5.41, 5.74) is 2.34. The molecule has 0 aromatic carbocycles. The maximum absolute atomic E-state index is 13.5. The SMILES string of the molecule is CCCCCCC(C)(CCCCC)c1cc(F)[nH]c1C. The highest BCUT2D eigenvalue weighted by atomic mass is 19.1. The molecule has 0 saturated carbocycles. The lowest BCUT2D eigenvalue weighted by atomic mass is 9.74. The van der Waals surface area contributed by atoms with Crippen LogP contribution in [0, 0.1) is 12.9 Å². The van der Waals surface area contributed by atoms with Crippen LogP contribution >= 0.6 is 0 Å². The first-order chi connectivity index (χ1) is 9.53. The van der Waals surface area contributed by atoms with E-state index in [0.29, 0.717) is 0 Å². The van der Waals surface area contributed by atoms with E-state index in [1.54, 1.807) is 6.07 Å². The third-order valence-electron chi connectivity index (χ3n) is 4.55. The molecule has 20 heavy (non-hydrogen) atoms. The second kappa shape index (κ2) is 8.49. The van der Waals surface area contributed by atoms with Crippen LogP contribution in [0.4, 0.5) is 4.39 Å². The fourth-order valence-corrected chi connectivity index (χ4v) is 3.25. The van der Waals surface area contributed by atoms with Gasteiger partial charge in [-0.3, -0.25) is 0 Å². The Morgan fingerprint density at radius 1 is 1.00 bits per heavy atom. The van der Waals surface area contributed by atoms with Gasteiger partial charge in [0.15, 0.2) is 5.95 Å². The van der Waals surface area contributed by atoms with E-state index in [9.17, 15) is 4.39 Å². The number of hydrogen-bond acceptors (Lipinski definition) is 0. The number of aromatic amines is 1. The van der Waals surface area contributed by atoms with Crippen LogP contribution < -0.4 is 0 Å². The number of nitrogens with one attached hydrogen (secondary N) is 1. The molecule has 1 unspecified atom stereocenters. The molecule has 1 N–H and O–H groups in total. The van der Waals surface area contributed by atoms with Crippen molar-refractivity contribution in [1.82, 2.24) is 4.98 Å². The van der Waals surface area contributed by atoms with Crippen LogP contribution in [0.3, 0.4) is 0 Å². The van der Waals surface area contributed by atoms with Crippen LogP contribution in [0.2, 0.25) is 0 Å². The third kappa shape index (κ3) is 4.96. The van der Waals surface area contributed by atoms with Crippen molar-refractivity contribution in [2.75, 3.05) is 0 Å². The van der Waals surface area contributed by atoms with Crippen molar-refractivity contribution >= 4 is 0 Å². The van der Waals surface area contributed by atoms with Crippen LogP contribution in [-0.2, 0) is 5.41 Å². The van der Waals surface area contributed by atoms with Crippen LogP contribution in [0.1, 0.15) is 89.8 Å². The summed E-state index contributed by atoms with van der Waals surface area (Å²) in [6, 6.07) is 1.72. The van der Waals surface area contributed by atoms with Gasteiger partial charge in [0.25, 0.3) is 0 Å². The molecular weight excluding hydrogens is 249 g/mol. The molecule has 0 bridgehead atoms. The van der Waals surface area contributed by atoms with Crippen molar-refractivity contribution < 1.29 is 4.39 Å². The minimum atomic E-state index is -0.187. The molecule has 0 aliphatic carbocycles. The van der Waals surface area contributed by atoms with Gasteiger partial charge >= 0.3 is 0 Å². The standard InChI is InChI=1S/C18H32FN/c1-5-7-9-11-13-18(4,12-10-8-6-2)16-14-17(19)20-15(16)3/h14,20H,5-13H2,1-4H3. The number of hydrogen-bond donors (Lipinski definition) is 1. The normalized spacial score (nSPS) is 14.4. The van der Waals surface area contributed by atoms with Gasteiger partial charge in [0, 0.05) is 5.69 Å². The van der Waals surface area contributed by atoms with E-state index in [2.05, 4.69) is 25.8 Å².